The van der Waals surface area contributed by atoms with Crippen LogP contribution in [0, 0.1) is 5.92 Å². The largest absolute Gasteiger partial charge is 0.317 e. The zero-order valence-corrected chi connectivity index (χ0v) is 8.64. The normalized spacial score (nSPS) is 29.8. The second kappa shape index (κ2) is 4.83. The molecule has 0 amide bonds. The van der Waals surface area contributed by atoms with Crippen LogP contribution in [0.2, 0.25) is 0 Å². The van der Waals surface area contributed by atoms with Gasteiger partial charge in [-0.2, -0.15) is 0 Å². The molecule has 72 valence electrons. The van der Waals surface area contributed by atoms with Crippen molar-refractivity contribution in [1.82, 2.24) is 10.2 Å². The molecule has 1 N–H and O–H groups in total. The summed E-state index contributed by atoms with van der Waals surface area (Å²) in [5.41, 5.74) is 0. The summed E-state index contributed by atoms with van der Waals surface area (Å²) in [4.78, 5) is 2.45. The van der Waals surface area contributed by atoms with Gasteiger partial charge in [0.1, 0.15) is 0 Å². The molecule has 2 unspecified atom stereocenters. The van der Waals surface area contributed by atoms with Gasteiger partial charge in [-0.3, -0.25) is 0 Å². The molecule has 2 nitrogen and oxygen atoms in total. The highest BCUT2D eigenvalue weighted by atomic mass is 15.1. The SMILES string of the molecule is CNC(C)C1CCCN(C)CC1. The summed E-state index contributed by atoms with van der Waals surface area (Å²) in [6, 6.07) is 0.691. The van der Waals surface area contributed by atoms with Crippen molar-refractivity contribution in [3.63, 3.8) is 0 Å². The van der Waals surface area contributed by atoms with Gasteiger partial charge >= 0.3 is 0 Å². The van der Waals surface area contributed by atoms with Gasteiger partial charge < -0.3 is 10.2 Å². The number of rotatable bonds is 2. The smallest absolute Gasteiger partial charge is 0.00644 e. The highest BCUT2D eigenvalue weighted by Gasteiger charge is 2.18. The molecule has 0 aromatic rings. The maximum absolute atomic E-state index is 3.36. The van der Waals surface area contributed by atoms with Gasteiger partial charge in [-0.1, -0.05) is 0 Å². The first-order valence-corrected chi connectivity index (χ1v) is 5.10. The van der Waals surface area contributed by atoms with Crippen LogP contribution in [0.15, 0.2) is 0 Å². The van der Waals surface area contributed by atoms with Gasteiger partial charge in [-0.25, -0.2) is 0 Å². The Balaban J connectivity index is 2.35. The third kappa shape index (κ3) is 2.76. The Hall–Kier alpha value is -0.0800. The highest BCUT2D eigenvalue weighted by Crippen LogP contribution is 2.19. The molecule has 0 spiro atoms. The number of nitrogens with zero attached hydrogens (tertiary/aromatic N) is 1. The van der Waals surface area contributed by atoms with Gasteiger partial charge in [-0.05, 0) is 59.3 Å². The van der Waals surface area contributed by atoms with Crippen molar-refractivity contribution in [2.24, 2.45) is 5.92 Å². The van der Waals surface area contributed by atoms with Gasteiger partial charge in [-0.15, -0.1) is 0 Å². The molecule has 2 atom stereocenters. The molecule has 1 aliphatic heterocycles. The quantitative estimate of drug-likeness (QED) is 0.672. The first-order valence-electron chi connectivity index (χ1n) is 5.10. The van der Waals surface area contributed by atoms with E-state index in [-0.39, 0.29) is 0 Å². The zero-order chi connectivity index (χ0) is 8.97. The zero-order valence-electron chi connectivity index (χ0n) is 8.64. The van der Waals surface area contributed by atoms with Crippen LogP contribution >= 0.6 is 0 Å². The van der Waals surface area contributed by atoms with E-state index in [1.807, 2.05) is 0 Å². The Kier molecular flexibility index (Phi) is 4.02. The van der Waals surface area contributed by atoms with Crippen LogP contribution < -0.4 is 5.32 Å². The molecule has 1 saturated heterocycles. The lowest BCUT2D eigenvalue weighted by Gasteiger charge is -2.21. The van der Waals surface area contributed by atoms with E-state index in [2.05, 4.69) is 31.2 Å². The van der Waals surface area contributed by atoms with Gasteiger partial charge in [0.2, 0.25) is 0 Å². The minimum Gasteiger partial charge on any atom is -0.317 e. The number of nitrogens with one attached hydrogen (secondary N) is 1. The number of likely N-dealkylation sites (tertiary alicyclic amines) is 1. The lowest BCUT2D eigenvalue weighted by Crippen LogP contribution is -2.31. The third-order valence-corrected chi connectivity index (χ3v) is 3.16. The Bertz CT molecular complexity index is 125. The average Bonchev–Trinajstić information content (AvgIpc) is 2.29. The molecule has 0 saturated carbocycles. The van der Waals surface area contributed by atoms with Crippen LogP contribution in [0.1, 0.15) is 26.2 Å². The first kappa shape index (κ1) is 10.0. The first-order chi connectivity index (χ1) is 5.74. The van der Waals surface area contributed by atoms with Gasteiger partial charge in [0, 0.05) is 6.04 Å². The van der Waals surface area contributed by atoms with E-state index in [4.69, 9.17) is 0 Å². The molecular weight excluding hydrogens is 148 g/mol. The summed E-state index contributed by atoms with van der Waals surface area (Å²) in [5, 5.41) is 3.36. The molecule has 0 aromatic carbocycles. The Labute approximate surface area is 76.3 Å². The van der Waals surface area contributed by atoms with E-state index < -0.39 is 0 Å². The van der Waals surface area contributed by atoms with Crippen molar-refractivity contribution < 1.29 is 0 Å². The van der Waals surface area contributed by atoms with E-state index in [0.717, 1.165) is 5.92 Å². The lowest BCUT2D eigenvalue weighted by molar-refractivity contribution is 0.323. The minimum absolute atomic E-state index is 0.691. The maximum atomic E-state index is 3.36. The molecule has 0 aromatic heterocycles. The van der Waals surface area contributed by atoms with Gasteiger partial charge in [0.25, 0.3) is 0 Å². The summed E-state index contributed by atoms with van der Waals surface area (Å²) in [6.07, 6.45) is 4.12. The van der Waals surface area contributed by atoms with Crippen LogP contribution in [0.4, 0.5) is 0 Å². The number of hydrogen-bond donors (Lipinski definition) is 1. The van der Waals surface area contributed by atoms with E-state index in [1.165, 1.54) is 32.4 Å². The predicted octanol–water partition coefficient (Wildman–Crippen LogP) is 1.33. The van der Waals surface area contributed by atoms with E-state index in [9.17, 15) is 0 Å². The molecule has 0 bridgehead atoms. The summed E-state index contributed by atoms with van der Waals surface area (Å²) in [7, 11) is 4.30. The van der Waals surface area contributed by atoms with Crippen LogP contribution in [0.3, 0.4) is 0 Å². The Morgan fingerprint density at radius 2 is 2.08 bits per heavy atom. The van der Waals surface area contributed by atoms with Crippen molar-refractivity contribution in [1.29, 1.82) is 0 Å². The summed E-state index contributed by atoms with van der Waals surface area (Å²) < 4.78 is 0. The van der Waals surface area contributed by atoms with E-state index >= 15 is 0 Å². The van der Waals surface area contributed by atoms with Crippen molar-refractivity contribution in [2.75, 3.05) is 27.2 Å². The molecule has 1 fully saturated rings. The van der Waals surface area contributed by atoms with Crippen molar-refractivity contribution in [3.8, 4) is 0 Å². The van der Waals surface area contributed by atoms with Crippen LogP contribution in [-0.4, -0.2) is 38.1 Å². The topological polar surface area (TPSA) is 15.3 Å². The second-order valence-electron chi connectivity index (χ2n) is 4.07. The summed E-state index contributed by atoms with van der Waals surface area (Å²) >= 11 is 0. The van der Waals surface area contributed by atoms with Crippen LogP contribution in [0.25, 0.3) is 0 Å². The summed E-state index contributed by atoms with van der Waals surface area (Å²) in [6.45, 7) is 4.86. The predicted molar refractivity (Wildman–Crippen MR) is 53.4 cm³/mol. The van der Waals surface area contributed by atoms with E-state index in [1.54, 1.807) is 0 Å². The fourth-order valence-corrected chi connectivity index (χ4v) is 2.00. The fourth-order valence-electron chi connectivity index (χ4n) is 2.00. The van der Waals surface area contributed by atoms with E-state index in [0.29, 0.717) is 6.04 Å². The minimum atomic E-state index is 0.691. The monoisotopic (exact) mass is 170 g/mol. The molecule has 2 heteroatoms. The number of hydrogen-bond acceptors (Lipinski definition) is 2. The molecule has 1 rings (SSSR count). The molecule has 0 radical (unpaired) electrons. The van der Waals surface area contributed by atoms with Crippen molar-refractivity contribution in [3.05, 3.63) is 0 Å². The Morgan fingerprint density at radius 3 is 2.75 bits per heavy atom. The maximum Gasteiger partial charge on any atom is 0.00644 e. The average molecular weight is 170 g/mol. The molecule has 0 aliphatic carbocycles. The van der Waals surface area contributed by atoms with Crippen molar-refractivity contribution >= 4 is 0 Å². The van der Waals surface area contributed by atoms with Gasteiger partial charge in [0.05, 0.1) is 0 Å². The molecule has 1 heterocycles. The van der Waals surface area contributed by atoms with Gasteiger partial charge in [0.15, 0.2) is 0 Å². The van der Waals surface area contributed by atoms with Crippen LogP contribution in [-0.2, 0) is 0 Å². The molecule has 12 heavy (non-hydrogen) atoms. The highest BCUT2D eigenvalue weighted by molar-refractivity contribution is 4.75. The summed E-state index contributed by atoms with van der Waals surface area (Å²) in [5.74, 6) is 0.889. The molecule has 1 aliphatic rings. The standard InChI is InChI=1S/C10H22N2/c1-9(11-2)10-5-4-7-12(3)8-6-10/h9-11H,4-8H2,1-3H3. The lowest BCUT2D eigenvalue weighted by atomic mass is 9.93. The Morgan fingerprint density at radius 1 is 1.33 bits per heavy atom. The van der Waals surface area contributed by atoms with Crippen LogP contribution in [0.5, 0.6) is 0 Å². The molecular formula is C10H22N2. The second-order valence-corrected chi connectivity index (χ2v) is 4.07. The third-order valence-electron chi connectivity index (χ3n) is 3.16. The van der Waals surface area contributed by atoms with Crippen molar-refractivity contribution in [2.45, 2.75) is 32.2 Å². The fraction of sp³-hybridized carbons (Fsp3) is 1.00.